The van der Waals surface area contributed by atoms with E-state index in [-0.39, 0.29) is 5.82 Å². The van der Waals surface area contributed by atoms with Crippen LogP contribution < -0.4 is 10.1 Å². The molecule has 0 saturated heterocycles. The van der Waals surface area contributed by atoms with Crippen molar-refractivity contribution in [2.24, 2.45) is 0 Å². The van der Waals surface area contributed by atoms with Gasteiger partial charge >= 0.3 is 0 Å². The first-order chi connectivity index (χ1) is 13.3. The highest BCUT2D eigenvalue weighted by Gasteiger charge is 2.09. The van der Waals surface area contributed by atoms with Crippen LogP contribution in [-0.2, 0) is 17.9 Å². The van der Waals surface area contributed by atoms with Crippen LogP contribution in [-0.4, -0.2) is 19.8 Å². The number of hydrogen-bond acceptors (Lipinski definition) is 3. The van der Waals surface area contributed by atoms with Crippen molar-refractivity contribution >= 4 is 10.8 Å². The third-order valence-corrected chi connectivity index (χ3v) is 4.45. The Balaban J connectivity index is 1.71. The third-order valence-electron chi connectivity index (χ3n) is 4.45. The second kappa shape index (κ2) is 10.0. The predicted molar refractivity (Wildman–Crippen MR) is 107 cm³/mol. The number of hydrogen-bond donors (Lipinski definition) is 1. The fraction of sp³-hybridized carbons (Fsp3) is 0.304. The zero-order chi connectivity index (χ0) is 18.9. The molecule has 0 unspecified atom stereocenters. The lowest BCUT2D eigenvalue weighted by molar-refractivity contribution is 0.144. The van der Waals surface area contributed by atoms with E-state index < -0.39 is 0 Å². The lowest BCUT2D eigenvalue weighted by Crippen LogP contribution is -2.17. The van der Waals surface area contributed by atoms with Crippen LogP contribution in [0.3, 0.4) is 0 Å². The second-order valence-electron chi connectivity index (χ2n) is 6.41. The van der Waals surface area contributed by atoms with Crippen molar-refractivity contribution in [1.29, 1.82) is 0 Å². The first kappa shape index (κ1) is 19.3. The molecule has 0 radical (unpaired) electrons. The van der Waals surface area contributed by atoms with E-state index in [1.807, 2.05) is 25.1 Å². The minimum absolute atomic E-state index is 0.235. The van der Waals surface area contributed by atoms with Gasteiger partial charge < -0.3 is 14.8 Å². The Bertz CT molecular complexity index is 849. The summed E-state index contributed by atoms with van der Waals surface area (Å²) in [4.78, 5) is 0. The molecule has 0 amide bonds. The summed E-state index contributed by atoms with van der Waals surface area (Å²) in [6.45, 7) is 5.56. The molecule has 0 spiro atoms. The molecule has 0 aliphatic rings. The number of ether oxygens (including phenoxy) is 2. The first-order valence-electron chi connectivity index (χ1n) is 9.44. The highest BCUT2D eigenvalue weighted by molar-refractivity contribution is 5.87. The normalized spacial score (nSPS) is 11.0. The average Bonchev–Trinajstić information content (AvgIpc) is 2.70. The molecule has 0 aromatic heterocycles. The minimum Gasteiger partial charge on any atom is -0.489 e. The zero-order valence-electron chi connectivity index (χ0n) is 15.7. The molecule has 3 rings (SSSR count). The molecule has 3 nitrogen and oxygen atoms in total. The second-order valence-corrected chi connectivity index (χ2v) is 6.41. The summed E-state index contributed by atoms with van der Waals surface area (Å²) in [5.41, 5.74) is 2.09. The van der Waals surface area contributed by atoms with E-state index in [4.69, 9.17) is 9.47 Å². The van der Waals surface area contributed by atoms with E-state index >= 15 is 0 Å². The highest BCUT2D eigenvalue weighted by atomic mass is 19.1. The predicted octanol–water partition coefficient (Wildman–Crippen LogP) is 5.07. The molecule has 142 valence electrons. The molecular formula is C23H26FNO2. The van der Waals surface area contributed by atoms with Crippen molar-refractivity contribution in [3.8, 4) is 5.75 Å². The van der Waals surface area contributed by atoms with Crippen LogP contribution in [0, 0.1) is 5.82 Å². The maximum Gasteiger partial charge on any atom is 0.124 e. The average molecular weight is 367 g/mol. The van der Waals surface area contributed by atoms with Crippen LogP contribution in [0.5, 0.6) is 5.75 Å². The Hall–Kier alpha value is -2.43. The fourth-order valence-corrected chi connectivity index (χ4v) is 3.03. The summed E-state index contributed by atoms with van der Waals surface area (Å²) in [6, 6.07) is 18.8. The first-order valence-corrected chi connectivity index (χ1v) is 9.44. The monoisotopic (exact) mass is 367 g/mol. The smallest absolute Gasteiger partial charge is 0.124 e. The van der Waals surface area contributed by atoms with E-state index in [1.165, 1.54) is 22.9 Å². The molecule has 0 bridgehead atoms. The van der Waals surface area contributed by atoms with Crippen molar-refractivity contribution in [2.75, 3.05) is 19.8 Å². The number of rotatable bonds is 10. The maximum atomic E-state index is 13.1. The van der Waals surface area contributed by atoms with Crippen molar-refractivity contribution in [3.63, 3.8) is 0 Å². The van der Waals surface area contributed by atoms with Gasteiger partial charge in [0, 0.05) is 25.3 Å². The van der Waals surface area contributed by atoms with Gasteiger partial charge in [-0.05, 0) is 54.4 Å². The molecule has 0 aliphatic heterocycles. The number of benzene rings is 3. The summed E-state index contributed by atoms with van der Waals surface area (Å²) in [7, 11) is 0. The molecule has 1 N–H and O–H groups in total. The number of nitrogens with one attached hydrogen (secondary N) is 1. The van der Waals surface area contributed by atoms with Crippen LogP contribution in [0.2, 0.25) is 0 Å². The third kappa shape index (κ3) is 5.52. The lowest BCUT2D eigenvalue weighted by Gasteiger charge is -2.15. The summed E-state index contributed by atoms with van der Waals surface area (Å²) in [5, 5.41) is 5.87. The van der Waals surface area contributed by atoms with Gasteiger partial charge in [-0.25, -0.2) is 4.39 Å². The topological polar surface area (TPSA) is 30.5 Å². The van der Waals surface area contributed by atoms with Crippen LogP contribution >= 0.6 is 0 Å². The van der Waals surface area contributed by atoms with Gasteiger partial charge in [0.15, 0.2) is 0 Å². The van der Waals surface area contributed by atoms with Gasteiger partial charge in [0.2, 0.25) is 0 Å². The van der Waals surface area contributed by atoms with Crippen LogP contribution in [0.25, 0.3) is 10.8 Å². The molecule has 27 heavy (non-hydrogen) atoms. The van der Waals surface area contributed by atoms with Crippen LogP contribution in [0.1, 0.15) is 24.5 Å². The fourth-order valence-electron chi connectivity index (χ4n) is 3.03. The van der Waals surface area contributed by atoms with Gasteiger partial charge in [-0.2, -0.15) is 0 Å². The van der Waals surface area contributed by atoms with Crippen LogP contribution in [0.4, 0.5) is 4.39 Å². The number of halogens is 1. The van der Waals surface area contributed by atoms with Crippen molar-refractivity contribution < 1.29 is 13.9 Å². The summed E-state index contributed by atoms with van der Waals surface area (Å²) in [5.74, 6) is 0.622. The summed E-state index contributed by atoms with van der Waals surface area (Å²) in [6.07, 6.45) is 0.977. The van der Waals surface area contributed by atoms with E-state index in [9.17, 15) is 4.39 Å². The molecule has 0 saturated carbocycles. The zero-order valence-corrected chi connectivity index (χ0v) is 15.7. The summed E-state index contributed by atoms with van der Waals surface area (Å²) < 4.78 is 24.5. The minimum atomic E-state index is -0.235. The van der Waals surface area contributed by atoms with E-state index in [0.717, 1.165) is 49.6 Å². The van der Waals surface area contributed by atoms with Crippen molar-refractivity contribution in [2.45, 2.75) is 26.5 Å². The van der Waals surface area contributed by atoms with Gasteiger partial charge in [0.05, 0.1) is 0 Å². The van der Waals surface area contributed by atoms with Crippen LogP contribution in [0.15, 0.2) is 60.7 Å². The molecule has 0 fully saturated rings. The van der Waals surface area contributed by atoms with E-state index in [1.54, 1.807) is 12.1 Å². The Morgan fingerprint density at radius 2 is 1.78 bits per heavy atom. The van der Waals surface area contributed by atoms with E-state index in [2.05, 4.69) is 23.5 Å². The highest BCUT2D eigenvalue weighted by Crippen LogP contribution is 2.28. The molecule has 0 aliphatic carbocycles. The molecule has 3 aromatic rings. The Kier molecular flexibility index (Phi) is 7.19. The van der Waals surface area contributed by atoms with Gasteiger partial charge in [-0.1, -0.05) is 42.5 Å². The largest absolute Gasteiger partial charge is 0.489 e. The maximum absolute atomic E-state index is 13.1. The van der Waals surface area contributed by atoms with Gasteiger partial charge in [0.25, 0.3) is 0 Å². The van der Waals surface area contributed by atoms with Gasteiger partial charge in [-0.15, -0.1) is 0 Å². The van der Waals surface area contributed by atoms with Gasteiger partial charge in [0.1, 0.15) is 18.2 Å². The Labute approximate surface area is 160 Å². The van der Waals surface area contributed by atoms with E-state index in [0.29, 0.717) is 6.61 Å². The van der Waals surface area contributed by atoms with Crippen molar-refractivity contribution in [3.05, 3.63) is 77.6 Å². The quantitative estimate of drug-likeness (QED) is 0.507. The molecular weight excluding hydrogens is 341 g/mol. The standard InChI is InChI=1S/C23H26FNO2/c1-2-26-15-5-14-25-16-22-21-7-4-3-6-19(21)10-13-23(22)27-17-18-8-11-20(24)12-9-18/h3-4,6-13,25H,2,5,14-17H2,1H3. The van der Waals surface area contributed by atoms with Gasteiger partial charge in [-0.3, -0.25) is 0 Å². The Morgan fingerprint density at radius 3 is 2.59 bits per heavy atom. The number of fused-ring (bicyclic) bond motifs is 1. The summed E-state index contributed by atoms with van der Waals surface area (Å²) >= 11 is 0. The SMILES string of the molecule is CCOCCCNCc1c(OCc2ccc(F)cc2)ccc2ccccc12. The van der Waals surface area contributed by atoms with Crippen molar-refractivity contribution in [1.82, 2.24) is 5.32 Å². The molecule has 3 aromatic carbocycles. The Morgan fingerprint density at radius 1 is 0.963 bits per heavy atom. The molecule has 0 heterocycles. The molecule has 4 heteroatoms. The molecule has 0 atom stereocenters. The lowest BCUT2D eigenvalue weighted by atomic mass is 10.0.